The highest BCUT2D eigenvalue weighted by Gasteiger charge is 2.04. The Morgan fingerprint density at radius 2 is 1.89 bits per heavy atom. The first kappa shape index (κ1) is 14.0. The summed E-state index contributed by atoms with van der Waals surface area (Å²) in [6.45, 7) is 0.665. The van der Waals surface area contributed by atoms with Crippen molar-refractivity contribution in [2.45, 2.75) is 6.54 Å². The molecule has 1 heterocycles. The van der Waals surface area contributed by atoms with E-state index in [0.29, 0.717) is 17.9 Å². The third kappa shape index (κ3) is 3.46. The van der Waals surface area contributed by atoms with Crippen LogP contribution in [0.15, 0.2) is 48.7 Å². The van der Waals surface area contributed by atoms with E-state index >= 15 is 0 Å². The van der Waals surface area contributed by atoms with Gasteiger partial charge in [0.25, 0.3) is 0 Å². The molecule has 1 aromatic heterocycles. The van der Waals surface area contributed by atoms with Gasteiger partial charge in [0.15, 0.2) is 0 Å². The zero-order chi connectivity index (χ0) is 12.1. The van der Waals surface area contributed by atoms with Gasteiger partial charge in [-0.3, -0.25) is 5.41 Å². The first-order valence-corrected chi connectivity index (χ1v) is 5.34. The van der Waals surface area contributed by atoms with Gasteiger partial charge in [-0.2, -0.15) is 0 Å². The molecule has 0 fully saturated rings. The fourth-order valence-electron chi connectivity index (χ4n) is 1.55. The fourth-order valence-corrected chi connectivity index (χ4v) is 1.55. The summed E-state index contributed by atoms with van der Waals surface area (Å²) in [6.07, 6.45) is 1.68. The predicted molar refractivity (Wildman–Crippen MR) is 76.3 cm³/mol. The number of benzene rings is 1. The van der Waals surface area contributed by atoms with Crippen LogP contribution in [0.5, 0.6) is 0 Å². The minimum atomic E-state index is 0. The first-order chi connectivity index (χ1) is 8.27. The van der Waals surface area contributed by atoms with Gasteiger partial charge in [-0.15, -0.1) is 12.4 Å². The molecule has 0 spiro atoms. The van der Waals surface area contributed by atoms with Crippen LogP contribution in [0.3, 0.4) is 0 Å². The molecular formula is C13H15ClN4. The lowest BCUT2D eigenvalue weighted by molar-refractivity contribution is 1.11. The monoisotopic (exact) mass is 262 g/mol. The lowest BCUT2D eigenvalue weighted by Crippen LogP contribution is -2.15. The molecule has 0 aliphatic carbocycles. The second kappa shape index (κ2) is 6.61. The number of amidine groups is 1. The summed E-state index contributed by atoms with van der Waals surface area (Å²) in [4.78, 5) is 4.18. The SMILES string of the molecule is Cl.N=C(N)c1cccnc1NCc1ccccc1. The largest absolute Gasteiger partial charge is 0.384 e. The number of rotatable bonds is 4. The van der Waals surface area contributed by atoms with Gasteiger partial charge in [-0.1, -0.05) is 30.3 Å². The minimum Gasteiger partial charge on any atom is -0.384 e. The molecule has 0 bridgehead atoms. The molecule has 0 saturated heterocycles. The lowest BCUT2D eigenvalue weighted by Gasteiger charge is -2.09. The maximum Gasteiger partial charge on any atom is 0.137 e. The Morgan fingerprint density at radius 1 is 1.17 bits per heavy atom. The van der Waals surface area contributed by atoms with E-state index in [2.05, 4.69) is 10.3 Å². The molecule has 94 valence electrons. The quantitative estimate of drug-likeness (QED) is 0.585. The van der Waals surface area contributed by atoms with Crippen molar-refractivity contribution in [2.24, 2.45) is 5.73 Å². The first-order valence-electron chi connectivity index (χ1n) is 5.34. The van der Waals surface area contributed by atoms with Crippen molar-refractivity contribution in [3.05, 3.63) is 59.8 Å². The number of halogens is 1. The highest BCUT2D eigenvalue weighted by atomic mass is 35.5. The molecule has 2 rings (SSSR count). The van der Waals surface area contributed by atoms with E-state index in [0.717, 1.165) is 5.56 Å². The summed E-state index contributed by atoms with van der Waals surface area (Å²) in [5.41, 5.74) is 7.27. The van der Waals surface area contributed by atoms with Gasteiger partial charge in [-0.25, -0.2) is 4.98 Å². The maximum atomic E-state index is 7.46. The van der Waals surface area contributed by atoms with Crippen molar-refractivity contribution in [1.82, 2.24) is 4.98 Å². The topological polar surface area (TPSA) is 74.8 Å². The molecule has 2 aromatic rings. The van der Waals surface area contributed by atoms with Crippen LogP contribution in [0.25, 0.3) is 0 Å². The summed E-state index contributed by atoms with van der Waals surface area (Å²) in [5.74, 6) is 0.664. The van der Waals surface area contributed by atoms with Crippen LogP contribution in [-0.2, 0) is 6.54 Å². The van der Waals surface area contributed by atoms with Crippen LogP contribution < -0.4 is 11.1 Å². The van der Waals surface area contributed by atoms with E-state index in [1.54, 1.807) is 18.3 Å². The van der Waals surface area contributed by atoms with E-state index in [9.17, 15) is 0 Å². The number of anilines is 1. The van der Waals surface area contributed by atoms with E-state index in [1.807, 2.05) is 30.3 Å². The van der Waals surface area contributed by atoms with E-state index < -0.39 is 0 Å². The third-order valence-corrected chi connectivity index (χ3v) is 2.40. The highest BCUT2D eigenvalue weighted by molar-refractivity contribution is 5.99. The number of pyridine rings is 1. The van der Waals surface area contributed by atoms with Crippen molar-refractivity contribution < 1.29 is 0 Å². The molecule has 1 aromatic carbocycles. The van der Waals surface area contributed by atoms with Gasteiger partial charge >= 0.3 is 0 Å². The van der Waals surface area contributed by atoms with Gasteiger partial charge in [0.05, 0.1) is 5.56 Å². The smallest absolute Gasteiger partial charge is 0.137 e. The summed E-state index contributed by atoms with van der Waals surface area (Å²) in [5, 5.41) is 10.6. The molecule has 4 N–H and O–H groups in total. The maximum absolute atomic E-state index is 7.46. The number of hydrogen-bond donors (Lipinski definition) is 3. The van der Waals surface area contributed by atoms with Crippen LogP contribution >= 0.6 is 12.4 Å². The predicted octanol–water partition coefficient (Wildman–Crippen LogP) is 2.40. The lowest BCUT2D eigenvalue weighted by atomic mass is 10.2. The van der Waals surface area contributed by atoms with E-state index in [4.69, 9.17) is 11.1 Å². The standard InChI is InChI=1S/C13H14N4.ClH/c14-12(15)11-7-4-8-16-13(11)17-9-10-5-2-1-3-6-10;/h1-8H,9H2,(H3,14,15)(H,16,17);1H. The number of aromatic nitrogens is 1. The Kier molecular flexibility index (Phi) is 5.14. The van der Waals surface area contributed by atoms with Gasteiger partial charge < -0.3 is 11.1 Å². The molecule has 4 nitrogen and oxygen atoms in total. The Labute approximate surface area is 112 Å². The molecule has 0 atom stereocenters. The van der Waals surface area contributed by atoms with Crippen LogP contribution in [0.4, 0.5) is 5.82 Å². The van der Waals surface area contributed by atoms with E-state index in [1.165, 1.54) is 0 Å². The third-order valence-electron chi connectivity index (χ3n) is 2.40. The number of nitrogens with zero attached hydrogens (tertiary/aromatic N) is 1. The molecule has 0 amide bonds. The van der Waals surface area contributed by atoms with Crippen LogP contribution in [0, 0.1) is 5.41 Å². The van der Waals surface area contributed by atoms with Crippen molar-refractivity contribution in [3.63, 3.8) is 0 Å². The number of nitrogens with two attached hydrogens (primary N) is 1. The van der Waals surface area contributed by atoms with Gasteiger partial charge in [0, 0.05) is 12.7 Å². The van der Waals surface area contributed by atoms with Crippen molar-refractivity contribution in [1.29, 1.82) is 5.41 Å². The molecule has 0 unspecified atom stereocenters. The molecule has 0 aliphatic heterocycles. The summed E-state index contributed by atoms with van der Waals surface area (Å²) in [6, 6.07) is 13.6. The Balaban J connectivity index is 0.00000162. The van der Waals surface area contributed by atoms with Crippen molar-refractivity contribution in [3.8, 4) is 0 Å². The van der Waals surface area contributed by atoms with E-state index in [-0.39, 0.29) is 18.2 Å². The Hall–Kier alpha value is -2.07. The molecular weight excluding hydrogens is 248 g/mol. The number of nitrogen functional groups attached to an aromatic ring is 1. The zero-order valence-corrected chi connectivity index (χ0v) is 10.6. The van der Waals surface area contributed by atoms with Gasteiger partial charge in [0.1, 0.15) is 11.7 Å². The van der Waals surface area contributed by atoms with Crippen LogP contribution in [0.1, 0.15) is 11.1 Å². The normalized spacial score (nSPS) is 9.33. The summed E-state index contributed by atoms with van der Waals surface area (Å²) >= 11 is 0. The summed E-state index contributed by atoms with van der Waals surface area (Å²) < 4.78 is 0. The molecule has 0 saturated carbocycles. The second-order valence-electron chi connectivity index (χ2n) is 3.65. The summed E-state index contributed by atoms with van der Waals surface area (Å²) in [7, 11) is 0. The average Bonchev–Trinajstić information content (AvgIpc) is 2.38. The van der Waals surface area contributed by atoms with Crippen LogP contribution in [-0.4, -0.2) is 10.8 Å². The Bertz CT molecular complexity index is 513. The van der Waals surface area contributed by atoms with Gasteiger partial charge in [0.2, 0.25) is 0 Å². The number of nitrogens with one attached hydrogen (secondary N) is 2. The highest BCUT2D eigenvalue weighted by Crippen LogP contribution is 2.11. The fraction of sp³-hybridized carbons (Fsp3) is 0.0769. The molecule has 5 heteroatoms. The van der Waals surface area contributed by atoms with Gasteiger partial charge in [-0.05, 0) is 17.7 Å². The number of hydrogen-bond acceptors (Lipinski definition) is 3. The second-order valence-corrected chi connectivity index (χ2v) is 3.65. The molecule has 0 aliphatic rings. The van der Waals surface area contributed by atoms with Crippen LogP contribution in [0.2, 0.25) is 0 Å². The van der Waals surface area contributed by atoms with Crippen molar-refractivity contribution >= 4 is 24.1 Å². The minimum absolute atomic E-state index is 0. The molecule has 0 radical (unpaired) electrons. The average molecular weight is 263 g/mol. The Morgan fingerprint density at radius 3 is 2.56 bits per heavy atom. The van der Waals surface area contributed by atoms with Crippen molar-refractivity contribution in [2.75, 3.05) is 5.32 Å². The zero-order valence-electron chi connectivity index (χ0n) is 9.76. The molecule has 18 heavy (non-hydrogen) atoms.